The van der Waals surface area contributed by atoms with Gasteiger partial charge in [-0.25, -0.2) is 0 Å². The molecule has 1 fully saturated rings. The van der Waals surface area contributed by atoms with Crippen LogP contribution in [0.1, 0.15) is 30.7 Å². The summed E-state index contributed by atoms with van der Waals surface area (Å²) in [6.07, 6.45) is 4.15. The molecule has 1 N–H and O–H groups in total. The first kappa shape index (κ1) is 12.9. The minimum absolute atomic E-state index is 0.460. The van der Waals surface area contributed by atoms with Crippen LogP contribution in [0.5, 0.6) is 0 Å². The maximum atomic E-state index is 5.73. The van der Waals surface area contributed by atoms with E-state index in [1.54, 1.807) is 0 Å². The van der Waals surface area contributed by atoms with Gasteiger partial charge in [-0.3, -0.25) is 0 Å². The predicted octanol–water partition coefficient (Wildman–Crippen LogP) is 2.70. The number of fused-ring (bicyclic) bond motifs is 1. The summed E-state index contributed by atoms with van der Waals surface area (Å²) in [6, 6.07) is 8.73. The molecule has 2 aliphatic rings. The van der Waals surface area contributed by atoms with Crippen molar-refractivity contribution in [3.8, 4) is 0 Å². The molecular weight excluding hydrogens is 236 g/mol. The molecule has 104 valence electrons. The molecule has 3 nitrogen and oxygen atoms in total. The number of hydrogen-bond acceptors (Lipinski definition) is 3. The number of benzene rings is 1. The van der Waals surface area contributed by atoms with Crippen molar-refractivity contribution < 1.29 is 4.74 Å². The Balaban J connectivity index is 1.60. The molecular formula is C16H24N2O. The fourth-order valence-corrected chi connectivity index (χ4v) is 3.33. The fraction of sp³-hybridized carbons (Fsp3) is 0.625. The lowest BCUT2D eigenvalue weighted by Crippen LogP contribution is -2.34. The molecule has 2 heterocycles. The Kier molecular flexibility index (Phi) is 4.04. The van der Waals surface area contributed by atoms with E-state index in [0.717, 1.165) is 26.2 Å². The van der Waals surface area contributed by atoms with Gasteiger partial charge in [0.2, 0.25) is 0 Å². The molecule has 1 aromatic rings. The van der Waals surface area contributed by atoms with Crippen LogP contribution in [-0.2, 0) is 4.74 Å². The van der Waals surface area contributed by atoms with Crippen LogP contribution in [0.2, 0.25) is 0 Å². The van der Waals surface area contributed by atoms with Crippen molar-refractivity contribution in [2.45, 2.75) is 31.3 Å². The van der Waals surface area contributed by atoms with Gasteiger partial charge in [0.05, 0.1) is 6.10 Å². The topological polar surface area (TPSA) is 24.5 Å². The number of ether oxygens (including phenoxy) is 1. The lowest BCUT2D eigenvalue weighted by atomic mass is 9.90. The molecule has 0 saturated carbocycles. The van der Waals surface area contributed by atoms with E-state index < -0.39 is 0 Å². The number of rotatable bonds is 4. The third-order valence-electron chi connectivity index (χ3n) is 4.28. The molecule has 2 unspecified atom stereocenters. The van der Waals surface area contributed by atoms with Crippen LogP contribution in [0.25, 0.3) is 0 Å². The Labute approximate surface area is 115 Å². The smallest absolute Gasteiger partial charge is 0.0702 e. The van der Waals surface area contributed by atoms with E-state index in [0.29, 0.717) is 12.0 Å². The highest BCUT2D eigenvalue weighted by Crippen LogP contribution is 2.31. The van der Waals surface area contributed by atoms with Gasteiger partial charge in [0.15, 0.2) is 0 Å². The van der Waals surface area contributed by atoms with Crippen molar-refractivity contribution in [1.82, 2.24) is 4.90 Å². The van der Waals surface area contributed by atoms with Gasteiger partial charge in [0.1, 0.15) is 0 Å². The zero-order valence-electron chi connectivity index (χ0n) is 11.8. The summed E-state index contributed by atoms with van der Waals surface area (Å²) in [4.78, 5) is 2.45. The maximum absolute atomic E-state index is 5.73. The standard InChI is InChI=1S/C16H24N2O/c1-18(12-14-5-4-10-19-14)11-13-8-9-17-16-7-3-2-6-15(13)16/h2-3,6-7,13-14,17H,4-5,8-12H2,1H3. The maximum Gasteiger partial charge on any atom is 0.0702 e. The second-order valence-electron chi connectivity index (χ2n) is 5.86. The lowest BCUT2D eigenvalue weighted by Gasteiger charge is -2.31. The fourth-order valence-electron chi connectivity index (χ4n) is 3.33. The molecule has 1 aromatic carbocycles. The normalized spacial score (nSPS) is 26.2. The third-order valence-corrected chi connectivity index (χ3v) is 4.28. The van der Waals surface area contributed by atoms with Gasteiger partial charge >= 0.3 is 0 Å². The van der Waals surface area contributed by atoms with Gasteiger partial charge in [-0.2, -0.15) is 0 Å². The van der Waals surface area contributed by atoms with Crippen molar-refractivity contribution in [2.75, 3.05) is 38.6 Å². The van der Waals surface area contributed by atoms with E-state index in [2.05, 4.69) is 41.5 Å². The number of nitrogens with one attached hydrogen (secondary N) is 1. The summed E-state index contributed by atoms with van der Waals surface area (Å²) in [7, 11) is 2.23. The molecule has 0 radical (unpaired) electrons. The highest BCUT2D eigenvalue weighted by atomic mass is 16.5. The van der Waals surface area contributed by atoms with Crippen molar-refractivity contribution in [3.63, 3.8) is 0 Å². The van der Waals surface area contributed by atoms with Crippen LogP contribution in [0.15, 0.2) is 24.3 Å². The second kappa shape index (κ2) is 5.93. The summed E-state index contributed by atoms with van der Waals surface area (Å²) >= 11 is 0. The third kappa shape index (κ3) is 3.10. The van der Waals surface area contributed by atoms with E-state index >= 15 is 0 Å². The van der Waals surface area contributed by atoms with Gasteiger partial charge < -0.3 is 15.0 Å². The van der Waals surface area contributed by atoms with Crippen LogP contribution < -0.4 is 5.32 Å². The number of hydrogen-bond donors (Lipinski definition) is 1. The highest BCUT2D eigenvalue weighted by molar-refractivity contribution is 5.54. The van der Waals surface area contributed by atoms with Crippen molar-refractivity contribution in [2.24, 2.45) is 0 Å². The minimum atomic E-state index is 0.460. The molecule has 19 heavy (non-hydrogen) atoms. The number of nitrogens with zero attached hydrogens (tertiary/aromatic N) is 1. The SMILES string of the molecule is CN(CC1CCCO1)CC1CCNc2ccccc21. The van der Waals surface area contributed by atoms with Gasteiger partial charge in [0, 0.05) is 37.8 Å². The predicted molar refractivity (Wildman–Crippen MR) is 78.8 cm³/mol. The van der Waals surface area contributed by atoms with Crippen LogP contribution in [0, 0.1) is 0 Å². The minimum Gasteiger partial charge on any atom is -0.385 e. The van der Waals surface area contributed by atoms with Gasteiger partial charge in [-0.15, -0.1) is 0 Å². The number of para-hydroxylation sites is 1. The first-order valence-corrected chi connectivity index (χ1v) is 7.46. The molecule has 3 rings (SSSR count). The first-order chi connectivity index (χ1) is 9.33. The van der Waals surface area contributed by atoms with E-state index in [4.69, 9.17) is 4.74 Å². The average Bonchev–Trinajstić information content (AvgIpc) is 2.92. The quantitative estimate of drug-likeness (QED) is 0.901. The zero-order chi connectivity index (χ0) is 13.1. The Morgan fingerprint density at radius 1 is 1.26 bits per heavy atom. The largest absolute Gasteiger partial charge is 0.385 e. The van der Waals surface area contributed by atoms with E-state index in [9.17, 15) is 0 Å². The Bertz CT molecular complexity index is 415. The summed E-state index contributed by atoms with van der Waals surface area (Å²) in [5.74, 6) is 0.656. The number of anilines is 1. The van der Waals surface area contributed by atoms with Crippen LogP contribution in [0.3, 0.4) is 0 Å². The van der Waals surface area contributed by atoms with Gasteiger partial charge in [0.25, 0.3) is 0 Å². The molecule has 0 amide bonds. The average molecular weight is 260 g/mol. The summed E-state index contributed by atoms with van der Waals surface area (Å²) in [6.45, 7) is 4.26. The molecule has 0 aromatic heterocycles. The molecule has 0 aliphatic carbocycles. The summed E-state index contributed by atoms with van der Waals surface area (Å²) in [5.41, 5.74) is 2.80. The Morgan fingerprint density at radius 2 is 2.16 bits per heavy atom. The second-order valence-corrected chi connectivity index (χ2v) is 5.86. The number of likely N-dealkylation sites (N-methyl/N-ethyl adjacent to an activating group) is 1. The first-order valence-electron chi connectivity index (χ1n) is 7.46. The summed E-state index contributed by atoms with van der Waals surface area (Å²) < 4.78 is 5.73. The lowest BCUT2D eigenvalue weighted by molar-refractivity contribution is 0.0792. The van der Waals surface area contributed by atoms with Crippen molar-refractivity contribution in [3.05, 3.63) is 29.8 Å². The molecule has 0 bridgehead atoms. The van der Waals surface area contributed by atoms with E-state index in [-0.39, 0.29) is 0 Å². The monoisotopic (exact) mass is 260 g/mol. The summed E-state index contributed by atoms with van der Waals surface area (Å²) in [5, 5.41) is 3.50. The van der Waals surface area contributed by atoms with Crippen LogP contribution >= 0.6 is 0 Å². The van der Waals surface area contributed by atoms with E-state index in [1.807, 2.05) is 0 Å². The van der Waals surface area contributed by atoms with Gasteiger partial charge in [-0.05, 0) is 37.9 Å². The highest BCUT2D eigenvalue weighted by Gasteiger charge is 2.23. The molecule has 2 aliphatic heterocycles. The van der Waals surface area contributed by atoms with Gasteiger partial charge in [-0.1, -0.05) is 18.2 Å². The molecule has 3 heteroatoms. The van der Waals surface area contributed by atoms with E-state index in [1.165, 1.54) is 30.5 Å². The van der Waals surface area contributed by atoms with Crippen LogP contribution in [0.4, 0.5) is 5.69 Å². The Hall–Kier alpha value is -1.06. The van der Waals surface area contributed by atoms with Crippen LogP contribution in [-0.4, -0.2) is 44.3 Å². The zero-order valence-corrected chi connectivity index (χ0v) is 11.8. The molecule has 2 atom stereocenters. The molecule has 0 spiro atoms. The van der Waals surface area contributed by atoms with Crippen molar-refractivity contribution >= 4 is 5.69 Å². The molecule has 1 saturated heterocycles. The van der Waals surface area contributed by atoms with Crippen molar-refractivity contribution in [1.29, 1.82) is 0 Å². The Morgan fingerprint density at radius 3 is 3.00 bits per heavy atom.